The lowest BCUT2D eigenvalue weighted by Gasteiger charge is -2.10. The molecule has 0 N–H and O–H groups in total. The lowest BCUT2D eigenvalue weighted by Crippen LogP contribution is -2.05. The average molecular weight is 411 g/mol. The number of nitrogens with zero attached hydrogens (tertiary/aromatic N) is 4. The molecule has 0 aliphatic carbocycles. The molecule has 2 rings (SSSR count). The number of aryl methyl sites for hydroxylation is 1. The summed E-state index contributed by atoms with van der Waals surface area (Å²) in [6.07, 6.45) is 25.5. The van der Waals surface area contributed by atoms with Crippen LogP contribution in [-0.2, 0) is 13.1 Å². The Balaban J connectivity index is 1.84. The van der Waals surface area contributed by atoms with E-state index >= 15 is 0 Å². The molecule has 0 spiro atoms. The van der Waals surface area contributed by atoms with Crippen molar-refractivity contribution >= 4 is 0 Å². The van der Waals surface area contributed by atoms with E-state index in [-0.39, 0.29) is 0 Å². The first-order valence-electron chi connectivity index (χ1n) is 11.9. The van der Waals surface area contributed by atoms with Crippen molar-refractivity contribution in [2.75, 3.05) is 0 Å². The Morgan fingerprint density at radius 3 is 2.07 bits per heavy atom. The number of unbranched alkanes of at least 4 members (excludes halogenated alkanes) is 7. The van der Waals surface area contributed by atoms with Gasteiger partial charge in [0.15, 0.2) is 11.6 Å². The van der Waals surface area contributed by atoms with E-state index < -0.39 is 0 Å². The second-order valence-electron chi connectivity index (χ2n) is 8.69. The fraction of sp³-hybridized carbons (Fsp3) is 0.615. The Hall–Kier alpha value is -2.10. The van der Waals surface area contributed by atoms with Crippen LogP contribution in [-0.4, -0.2) is 19.1 Å². The number of aromatic nitrogens is 4. The van der Waals surface area contributed by atoms with Gasteiger partial charge >= 0.3 is 0 Å². The van der Waals surface area contributed by atoms with Gasteiger partial charge in [-0.25, -0.2) is 9.97 Å². The van der Waals surface area contributed by atoms with Crippen LogP contribution in [0.1, 0.15) is 91.9 Å². The molecule has 4 heteroatoms. The number of allylic oxidation sites excluding steroid dienone is 4. The highest BCUT2D eigenvalue weighted by atomic mass is 15.1. The SMILES string of the molecule is CCCCCCCCCCn1ccnc1-c1nccn1CC=C(C)CCC=C(C)C. The maximum atomic E-state index is 4.62. The molecule has 0 saturated heterocycles. The zero-order chi connectivity index (χ0) is 21.6. The second-order valence-corrected chi connectivity index (χ2v) is 8.69. The summed E-state index contributed by atoms with van der Waals surface area (Å²) in [6, 6.07) is 0. The third kappa shape index (κ3) is 8.73. The molecule has 30 heavy (non-hydrogen) atoms. The van der Waals surface area contributed by atoms with E-state index in [1.165, 1.54) is 62.5 Å². The summed E-state index contributed by atoms with van der Waals surface area (Å²) in [5.41, 5.74) is 2.82. The molecule has 0 aromatic carbocycles. The molecule has 166 valence electrons. The largest absolute Gasteiger partial charge is 0.328 e. The highest BCUT2D eigenvalue weighted by molar-refractivity contribution is 5.44. The highest BCUT2D eigenvalue weighted by Gasteiger charge is 2.11. The molecule has 2 heterocycles. The summed E-state index contributed by atoms with van der Waals surface area (Å²) < 4.78 is 4.47. The van der Waals surface area contributed by atoms with Crippen molar-refractivity contribution in [1.82, 2.24) is 19.1 Å². The van der Waals surface area contributed by atoms with E-state index in [0.29, 0.717) is 0 Å². The molecule has 0 fully saturated rings. The van der Waals surface area contributed by atoms with E-state index in [1.54, 1.807) is 0 Å². The molecule has 0 aliphatic heterocycles. The lowest BCUT2D eigenvalue weighted by molar-refractivity contribution is 0.544. The molecule has 4 nitrogen and oxygen atoms in total. The monoisotopic (exact) mass is 410 g/mol. The molecule has 2 aromatic rings. The third-order valence-corrected chi connectivity index (χ3v) is 5.61. The standard InChI is InChI=1S/C26H42N4/c1-5-6-7-8-9-10-11-12-19-29-21-17-27-25(29)26-28-18-22-30(26)20-16-24(4)15-13-14-23(2)3/h14,16-18,21-22H,5-13,15,19-20H2,1-4H3. The summed E-state index contributed by atoms with van der Waals surface area (Å²) in [7, 11) is 0. The quantitative estimate of drug-likeness (QED) is 0.224. The minimum Gasteiger partial charge on any atom is -0.328 e. The first-order chi connectivity index (χ1) is 14.6. The van der Waals surface area contributed by atoms with Crippen molar-refractivity contribution in [3.05, 3.63) is 48.1 Å². The van der Waals surface area contributed by atoms with Crippen molar-refractivity contribution in [1.29, 1.82) is 0 Å². The molecule has 0 unspecified atom stereocenters. The van der Waals surface area contributed by atoms with Crippen LogP contribution in [0.3, 0.4) is 0 Å². The van der Waals surface area contributed by atoms with Crippen LogP contribution in [0.25, 0.3) is 11.6 Å². The number of hydrogen-bond donors (Lipinski definition) is 0. The fourth-order valence-electron chi connectivity index (χ4n) is 3.72. The van der Waals surface area contributed by atoms with Crippen LogP contribution < -0.4 is 0 Å². The molecular weight excluding hydrogens is 368 g/mol. The molecule has 0 amide bonds. The zero-order valence-electron chi connectivity index (χ0n) is 19.7. The zero-order valence-corrected chi connectivity index (χ0v) is 19.7. The predicted molar refractivity (Wildman–Crippen MR) is 128 cm³/mol. The molecule has 0 saturated carbocycles. The van der Waals surface area contributed by atoms with E-state index in [9.17, 15) is 0 Å². The summed E-state index contributed by atoms with van der Waals surface area (Å²) in [5, 5.41) is 0. The normalized spacial score (nSPS) is 11.8. The van der Waals surface area contributed by atoms with Gasteiger partial charge in [-0.05, 0) is 40.0 Å². The molecule has 0 radical (unpaired) electrons. The van der Waals surface area contributed by atoms with Crippen LogP contribution in [0.2, 0.25) is 0 Å². The van der Waals surface area contributed by atoms with E-state index in [4.69, 9.17) is 0 Å². The lowest BCUT2D eigenvalue weighted by atomic mass is 10.1. The molecular formula is C26H42N4. The minimum atomic E-state index is 0.848. The minimum absolute atomic E-state index is 0.848. The Labute approximate surface area is 184 Å². The molecule has 0 atom stereocenters. The Morgan fingerprint density at radius 2 is 1.40 bits per heavy atom. The Kier molecular flexibility index (Phi) is 11.3. The van der Waals surface area contributed by atoms with Crippen LogP contribution in [0.4, 0.5) is 0 Å². The highest BCUT2D eigenvalue weighted by Crippen LogP contribution is 2.18. The van der Waals surface area contributed by atoms with Crippen molar-refractivity contribution in [2.45, 2.75) is 105 Å². The van der Waals surface area contributed by atoms with Crippen LogP contribution >= 0.6 is 0 Å². The van der Waals surface area contributed by atoms with Gasteiger partial charge in [0, 0.05) is 37.9 Å². The average Bonchev–Trinajstić information content (AvgIpc) is 3.36. The van der Waals surface area contributed by atoms with Gasteiger partial charge in [-0.3, -0.25) is 0 Å². The maximum Gasteiger partial charge on any atom is 0.176 e. The van der Waals surface area contributed by atoms with E-state index in [2.05, 4.69) is 71.3 Å². The first-order valence-corrected chi connectivity index (χ1v) is 11.9. The van der Waals surface area contributed by atoms with Gasteiger partial charge in [-0.1, -0.05) is 75.2 Å². The molecule has 0 aliphatic rings. The topological polar surface area (TPSA) is 35.6 Å². The second kappa shape index (κ2) is 14.0. The van der Waals surface area contributed by atoms with E-state index in [1.807, 2.05) is 12.4 Å². The van der Waals surface area contributed by atoms with Crippen molar-refractivity contribution in [3.8, 4) is 11.6 Å². The third-order valence-electron chi connectivity index (χ3n) is 5.61. The predicted octanol–water partition coefficient (Wildman–Crippen LogP) is 7.58. The van der Waals surface area contributed by atoms with Gasteiger partial charge in [0.05, 0.1) is 0 Å². The van der Waals surface area contributed by atoms with Gasteiger partial charge < -0.3 is 9.13 Å². The maximum absolute atomic E-state index is 4.62. The fourth-order valence-corrected chi connectivity index (χ4v) is 3.72. The Bertz CT molecular complexity index is 775. The van der Waals surface area contributed by atoms with Gasteiger partial charge in [0.25, 0.3) is 0 Å². The van der Waals surface area contributed by atoms with Crippen LogP contribution in [0.15, 0.2) is 48.1 Å². The summed E-state index contributed by atoms with van der Waals surface area (Å²) in [6.45, 7) is 10.7. The summed E-state index contributed by atoms with van der Waals surface area (Å²) >= 11 is 0. The van der Waals surface area contributed by atoms with Crippen LogP contribution in [0.5, 0.6) is 0 Å². The molecule has 0 bridgehead atoms. The van der Waals surface area contributed by atoms with Crippen molar-refractivity contribution in [3.63, 3.8) is 0 Å². The smallest absolute Gasteiger partial charge is 0.176 e. The van der Waals surface area contributed by atoms with Gasteiger partial charge in [-0.2, -0.15) is 0 Å². The van der Waals surface area contributed by atoms with Crippen LogP contribution in [0, 0.1) is 0 Å². The summed E-state index contributed by atoms with van der Waals surface area (Å²) in [5.74, 6) is 1.95. The molecule has 2 aromatic heterocycles. The van der Waals surface area contributed by atoms with Gasteiger partial charge in [-0.15, -0.1) is 0 Å². The van der Waals surface area contributed by atoms with Gasteiger partial charge in [0.1, 0.15) is 0 Å². The number of imidazole rings is 2. The van der Waals surface area contributed by atoms with Crippen molar-refractivity contribution < 1.29 is 0 Å². The Morgan fingerprint density at radius 1 is 0.800 bits per heavy atom. The summed E-state index contributed by atoms with van der Waals surface area (Å²) in [4.78, 5) is 9.23. The number of hydrogen-bond acceptors (Lipinski definition) is 2. The first kappa shape index (κ1) is 24.2. The number of rotatable bonds is 15. The van der Waals surface area contributed by atoms with Crippen molar-refractivity contribution in [2.24, 2.45) is 0 Å². The van der Waals surface area contributed by atoms with E-state index in [0.717, 1.165) is 37.6 Å². The van der Waals surface area contributed by atoms with Gasteiger partial charge in [0.2, 0.25) is 0 Å².